The topological polar surface area (TPSA) is 40.6 Å². The van der Waals surface area contributed by atoms with Crippen LogP contribution in [0.3, 0.4) is 0 Å². The molecule has 0 unspecified atom stereocenters. The molecule has 134 valence electrons. The van der Waals surface area contributed by atoms with E-state index in [9.17, 15) is 0 Å². The van der Waals surface area contributed by atoms with Gasteiger partial charge < -0.3 is 14.0 Å². The molecule has 27 heavy (non-hydrogen) atoms. The van der Waals surface area contributed by atoms with Crippen molar-refractivity contribution in [2.75, 3.05) is 7.11 Å². The van der Waals surface area contributed by atoms with E-state index in [1.54, 1.807) is 7.11 Å². The second-order valence-corrected chi connectivity index (χ2v) is 7.00. The molecule has 0 saturated carbocycles. The van der Waals surface area contributed by atoms with Crippen molar-refractivity contribution in [3.8, 4) is 0 Å². The van der Waals surface area contributed by atoms with Gasteiger partial charge in [-0.1, -0.05) is 54.6 Å². The van der Waals surface area contributed by atoms with Crippen LogP contribution in [0.25, 0.3) is 17.0 Å². The van der Waals surface area contributed by atoms with Crippen LogP contribution in [-0.4, -0.2) is 25.3 Å². The van der Waals surface area contributed by atoms with E-state index in [1.165, 1.54) is 0 Å². The van der Waals surface area contributed by atoms with Crippen molar-refractivity contribution < 1.29 is 14.0 Å². The van der Waals surface area contributed by atoms with Gasteiger partial charge in [-0.15, -0.1) is 0 Å². The molecule has 0 amide bonds. The second-order valence-electron chi connectivity index (χ2n) is 7.00. The lowest BCUT2D eigenvalue weighted by molar-refractivity contribution is 0.120. The Balaban J connectivity index is 1.57. The minimum Gasteiger partial charge on any atom is -0.398 e. The van der Waals surface area contributed by atoms with Gasteiger partial charge in [-0.3, -0.25) is 4.98 Å². The summed E-state index contributed by atoms with van der Waals surface area (Å²) in [6.45, 7) is 2.04. The van der Waals surface area contributed by atoms with Gasteiger partial charge in [0, 0.05) is 24.3 Å². The molecule has 1 saturated heterocycles. The third kappa shape index (κ3) is 2.70. The lowest BCUT2D eigenvalue weighted by atomic mass is 9.75. The highest BCUT2D eigenvalue weighted by Gasteiger charge is 2.44. The van der Waals surface area contributed by atoms with Gasteiger partial charge in [0.1, 0.15) is 0 Å². The monoisotopic (exact) mass is 357 g/mol. The first-order valence-electron chi connectivity index (χ1n) is 9.24. The highest BCUT2D eigenvalue weighted by Crippen LogP contribution is 2.41. The molecule has 1 aliphatic heterocycles. The Morgan fingerprint density at radius 1 is 1.07 bits per heavy atom. The van der Waals surface area contributed by atoms with Crippen molar-refractivity contribution in [1.29, 1.82) is 0 Å². The molecule has 0 bridgehead atoms. The van der Waals surface area contributed by atoms with Crippen LogP contribution in [0.4, 0.5) is 0 Å². The highest BCUT2D eigenvalue weighted by atomic mass is 16.7. The Morgan fingerprint density at radius 3 is 2.85 bits per heavy atom. The van der Waals surface area contributed by atoms with Crippen LogP contribution < -0.4 is 5.46 Å². The van der Waals surface area contributed by atoms with Crippen molar-refractivity contribution in [3.63, 3.8) is 0 Å². The van der Waals surface area contributed by atoms with Crippen molar-refractivity contribution in [3.05, 3.63) is 77.5 Å². The fourth-order valence-electron chi connectivity index (χ4n) is 4.03. The van der Waals surface area contributed by atoms with E-state index in [0.29, 0.717) is 0 Å². The highest BCUT2D eigenvalue weighted by molar-refractivity contribution is 6.62. The Kier molecular flexibility index (Phi) is 4.08. The molecule has 3 aromatic rings. The van der Waals surface area contributed by atoms with Crippen molar-refractivity contribution in [2.24, 2.45) is 0 Å². The average molecular weight is 357 g/mol. The summed E-state index contributed by atoms with van der Waals surface area (Å²) in [6.07, 6.45) is 5.71. The van der Waals surface area contributed by atoms with Crippen molar-refractivity contribution in [2.45, 2.75) is 25.2 Å². The lowest BCUT2D eigenvalue weighted by Crippen LogP contribution is -2.36. The Morgan fingerprint density at radius 2 is 1.96 bits per heavy atom. The minimum atomic E-state index is -0.427. The maximum Gasteiger partial charge on any atom is 0.495 e. The fourth-order valence-corrected chi connectivity index (χ4v) is 4.03. The summed E-state index contributed by atoms with van der Waals surface area (Å²) in [6, 6.07) is 16.4. The van der Waals surface area contributed by atoms with E-state index >= 15 is 0 Å². The summed E-state index contributed by atoms with van der Waals surface area (Å²) in [5.74, 6) is 0. The zero-order valence-electron chi connectivity index (χ0n) is 15.3. The zero-order valence-corrected chi connectivity index (χ0v) is 15.3. The average Bonchev–Trinajstić information content (AvgIpc) is 3.17. The normalized spacial score (nSPS) is 21.9. The predicted molar refractivity (Wildman–Crippen MR) is 107 cm³/mol. The predicted octanol–water partition coefficient (Wildman–Crippen LogP) is 3.82. The number of benzene rings is 2. The van der Waals surface area contributed by atoms with Gasteiger partial charge in [-0.05, 0) is 29.6 Å². The van der Waals surface area contributed by atoms with Gasteiger partial charge in [0.15, 0.2) is 0 Å². The van der Waals surface area contributed by atoms with Gasteiger partial charge in [0.05, 0.1) is 23.8 Å². The summed E-state index contributed by atoms with van der Waals surface area (Å²) in [5, 5.41) is 1.12. The molecule has 2 heterocycles. The van der Waals surface area contributed by atoms with Gasteiger partial charge in [0.25, 0.3) is 0 Å². The standard InChI is InChI=1S/C22H20BNO3/c1-14(25-2)17-7-3-4-8-18(17)23-26-19-12-11-15-9-10-16-6-5-13-24-21(16)20(15)22(19)27-23/h3-14,19,22H,1-2H3/t14-,19-,22-/m0/s1. The SMILES string of the molecule is CO[C@@H](C)c1ccccc1B1O[C@H]2C=Cc3ccc4cccnc4c3[C@H]2O1. The van der Waals surface area contributed by atoms with E-state index in [1.807, 2.05) is 31.3 Å². The smallest absolute Gasteiger partial charge is 0.398 e. The summed E-state index contributed by atoms with van der Waals surface area (Å²) in [4.78, 5) is 4.62. The molecule has 1 aliphatic carbocycles. The van der Waals surface area contributed by atoms with Crippen LogP contribution in [0.2, 0.25) is 0 Å². The molecule has 0 radical (unpaired) electrons. The van der Waals surface area contributed by atoms with Gasteiger partial charge >= 0.3 is 7.12 Å². The molecule has 1 aromatic heterocycles. The van der Waals surface area contributed by atoms with E-state index in [4.69, 9.17) is 14.0 Å². The number of fused-ring (bicyclic) bond motifs is 5. The van der Waals surface area contributed by atoms with Crippen LogP contribution in [0.5, 0.6) is 0 Å². The van der Waals surface area contributed by atoms with Gasteiger partial charge in [0.2, 0.25) is 0 Å². The van der Waals surface area contributed by atoms with Crippen LogP contribution in [-0.2, 0) is 14.0 Å². The van der Waals surface area contributed by atoms with Gasteiger partial charge in [-0.25, -0.2) is 0 Å². The maximum atomic E-state index is 6.45. The quantitative estimate of drug-likeness (QED) is 0.669. The molecule has 4 nitrogen and oxygen atoms in total. The van der Waals surface area contributed by atoms with Crippen LogP contribution in [0.15, 0.2) is 60.8 Å². The Hall–Kier alpha value is -2.47. The molecule has 5 rings (SSSR count). The lowest BCUT2D eigenvalue weighted by Gasteiger charge is -2.23. The molecular formula is C22H20BNO3. The third-order valence-corrected chi connectivity index (χ3v) is 5.49. The summed E-state index contributed by atoms with van der Waals surface area (Å²) < 4.78 is 18.3. The van der Waals surface area contributed by atoms with E-state index < -0.39 is 7.12 Å². The fraction of sp³-hybridized carbons (Fsp3) is 0.227. The Bertz CT molecular complexity index is 1030. The second kappa shape index (κ2) is 6.61. The van der Waals surface area contributed by atoms with Crippen molar-refractivity contribution >= 4 is 29.6 Å². The number of ether oxygens (including phenoxy) is 1. The summed E-state index contributed by atoms with van der Waals surface area (Å²) in [7, 11) is 1.29. The first-order chi connectivity index (χ1) is 13.3. The number of pyridine rings is 1. The van der Waals surface area contributed by atoms with E-state index in [0.717, 1.165) is 33.1 Å². The number of nitrogens with zero attached hydrogens (tertiary/aromatic N) is 1. The first-order valence-corrected chi connectivity index (χ1v) is 9.24. The molecule has 0 N–H and O–H groups in total. The van der Waals surface area contributed by atoms with Crippen LogP contribution >= 0.6 is 0 Å². The molecule has 2 aromatic carbocycles. The molecule has 1 fully saturated rings. The first kappa shape index (κ1) is 16.7. The third-order valence-electron chi connectivity index (χ3n) is 5.49. The van der Waals surface area contributed by atoms with E-state index in [2.05, 4.69) is 47.5 Å². The molecule has 2 aliphatic rings. The largest absolute Gasteiger partial charge is 0.495 e. The van der Waals surface area contributed by atoms with Crippen LogP contribution in [0, 0.1) is 0 Å². The number of methoxy groups -OCH3 is 1. The molecule has 3 atom stereocenters. The Labute approximate surface area is 158 Å². The summed E-state index contributed by atoms with van der Waals surface area (Å²) in [5.41, 5.74) is 5.34. The minimum absolute atomic E-state index is 0.0265. The van der Waals surface area contributed by atoms with E-state index in [-0.39, 0.29) is 18.3 Å². The van der Waals surface area contributed by atoms with Crippen molar-refractivity contribution in [1.82, 2.24) is 4.98 Å². The number of hydrogen-bond acceptors (Lipinski definition) is 4. The molecular weight excluding hydrogens is 337 g/mol. The maximum absolute atomic E-state index is 6.45. The molecule has 0 spiro atoms. The van der Waals surface area contributed by atoms with Crippen LogP contribution in [0.1, 0.15) is 35.8 Å². The summed E-state index contributed by atoms with van der Waals surface area (Å²) >= 11 is 0. The molecule has 5 heteroatoms. The number of aromatic nitrogens is 1. The number of hydrogen-bond donors (Lipinski definition) is 0. The number of rotatable bonds is 3. The van der Waals surface area contributed by atoms with Gasteiger partial charge in [-0.2, -0.15) is 0 Å². The zero-order chi connectivity index (χ0) is 18.4.